The number of sulfonamides is 1. The molecule has 4 rings (SSSR count). The molecule has 3 aromatic carbocycles. The normalized spacial score (nSPS) is 15.6. The van der Waals surface area contributed by atoms with Crippen LogP contribution in [0.3, 0.4) is 0 Å². The Morgan fingerprint density at radius 1 is 1.08 bits per heavy atom. The van der Waals surface area contributed by atoms with Gasteiger partial charge in [0.25, 0.3) is 0 Å². The van der Waals surface area contributed by atoms with Crippen molar-refractivity contribution in [2.75, 3.05) is 11.1 Å². The number of carbonyl (C=O) groups is 1. The fraction of sp³-hybridized carbons (Fsp3) is 0.192. The van der Waals surface area contributed by atoms with Crippen molar-refractivity contribution >= 4 is 33.4 Å². The van der Waals surface area contributed by atoms with Crippen molar-refractivity contribution in [1.29, 1.82) is 0 Å². The standard InChI is InChI=1S/C26H23F4N3O3S/c1-15-10-18(26(28,29)30)13-20(11-15)37(35,36)33-23-7-4-17-12-16(2-6-21(17)23)3-9-25(34)32-24-8-5-19(27)14-22(24)31/h2-3,5-6,8-14,23,33H,4,7,31H2,1H3,(H,32,34)/b9-3+. The van der Waals surface area contributed by atoms with Crippen molar-refractivity contribution in [3.05, 3.63) is 94.3 Å². The molecule has 0 aliphatic heterocycles. The molecule has 1 atom stereocenters. The van der Waals surface area contributed by atoms with Gasteiger partial charge in [0.05, 0.1) is 21.8 Å². The largest absolute Gasteiger partial charge is 0.416 e. The highest BCUT2D eigenvalue weighted by molar-refractivity contribution is 7.89. The molecule has 11 heteroatoms. The zero-order valence-corrected chi connectivity index (χ0v) is 20.4. The number of fused-ring (bicyclic) bond motifs is 1. The molecule has 1 aliphatic carbocycles. The number of alkyl halides is 3. The minimum absolute atomic E-state index is 0.0908. The first kappa shape index (κ1) is 26.4. The zero-order valence-electron chi connectivity index (χ0n) is 19.6. The highest BCUT2D eigenvalue weighted by Crippen LogP contribution is 2.35. The van der Waals surface area contributed by atoms with Gasteiger partial charge in [-0.25, -0.2) is 17.5 Å². The molecule has 1 aliphatic rings. The van der Waals surface area contributed by atoms with Crippen LogP contribution in [0.4, 0.5) is 28.9 Å². The van der Waals surface area contributed by atoms with E-state index in [2.05, 4.69) is 10.0 Å². The zero-order chi connectivity index (χ0) is 27.0. The number of carbonyl (C=O) groups excluding carboxylic acids is 1. The first-order chi connectivity index (χ1) is 17.3. The average Bonchev–Trinajstić information content (AvgIpc) is 3.20. The van der Waals surface area contributed by atoms with Crippen molar-refractivity contribution in [3.8, 4) is 0 Å². The first-order valence-electron chi connectivity index (χ1n) is 11.2. The summed E-state index contributed by atoms with van der Waals surface area (Å²) in [6, 6.07) is 11.0. The number of anilines is 2. The summed E-state index contributed by atoms with van der Waals surface area (Å²) >= 11 is 0. The molecule has 3 aromatic rings. The lowest BCUT2D eigenvalue weighted by molar-refractivity contribution is -0.137. The van der Waals surface area contributed by atoms with Crippen LogP contribution in [0.1, 0.15) is 40.3 Å². The number of hydrogen-bond acceptors (Lipinski definition) is 4. The number of benzene rings is 3. The number of rotatable bonds is 6. The molecular weight excluding hydrogens is 510 g/mol. The molecule has 6 nitrogen and oxygen atoms in total. The predicted octanol–water partition coefficient (Wildman–Crippen LogP) is 5.35. The van der Waals surface area contributed by atoms with Gasteiger partial charge >= 0.3 is 6.18 Å². The van der Waals surface area contributed by atoms with Gasteiger partial charge in [-0.3, -0.25) is 4.79 Å². The monoisotopic (exact) mass is 533 g/mol. The topological polar surface area (TPSA) is 101 Å². The summed E-state index contributed by atoms with van der Waals surface area (Å²) in [6.07, 6.45) is -0.829. The molecule has 0 heterocycles. The summed E-state index contributed by atoms with van der Waals surface area (Å²) in [5, 5.41) is 2.56. The van der Waals surface area contributed by atoms with E-state index in [4.69, 9.17) is 5.73 Å². The fourth-order valence-corrected chi connectivity index (χ4v) is 5.56. The van der Waals surface area contributed by atoms with Gasteiger partial charge in [-0.05, 0) is 84.5 Å². The second-order valence-corrected chi connectivity index (χ2v) is 10.5. The van der Waals surface area contributed by atoms with E-state index < -0.39 is 44.4 Å². The molecule has 0 radical (unpaired) electrons. The van der Waals surface area contributed by atoms with E-state index in [1.54, 1.807) is 18.2 Å². The van der Waals surface area contributed by atoms with Gasteiger partial charge in [-0.2, -0.15) is 13.2 Å². The Morgan fingerprint density at radius 3 is 2.54 bits per heavy atom. The quantitative estimate of drug-likeness (QED) is 0.226. The molecule has 1 unspecified atom stereocenters. The Morgan fingerprint density at radius 2 is 1.84 bits per heavy atom. The maximum absolute atomic E-state index is 13.2. The van der Waals surface area contributed by atoms with Crippen molar-refractivity contribution in [2.24, 2.45) is 0 Å². The Bertz CT molecular complexity index is 1500. The van der Waals surface area contributed by atoms with Crippen LogP contribution in [-0.2, 0) is 27.4 Å². The van der Waals surface area contributed by atoms with Crippen LogP contribution >= 0.6 is 0 Å². The van der Waals surface area contributed by atoms with Crippen LogP contribution in [0.25, 0.3) is 6.08 Å². The van der Waals surface area contributed by atoms with Gasteiger partial charge in [-0.1, -0.05) is 18.2 Å². The lowest BCUT2D eigenvalue weighted by Gasteiger charge is -2.16. The SMILES string of the molecule is Cc1cc(C(F)(F)F)cc(S(=O)(=O)NC2CCc3cc(/C=C/C(=O)Nc4ccc(F)cc4N)ccc32)c1. The van der Waals surface area contributed by atoms with E-state index in [9.17, 15) is 30.8 Å². The van der Waals surface area contributed by atoms with Gasteiger partial charge in [-0.15, -0.1) is 0 Å². The maximum Gasteiger partial charge on any atom is 0.416 e. The molecule has 0 fully saturated rings. The average molecular weight is 534 g/mol. The third kappa shape index (κ3) is 6.17. The number of nitrogens with two attached hydrogens (primary N) is 1. The summed E-state index contributed by atoms with van der Waals surface area (Å²) in [7, 11) is -4.21. The summed E-state index contributed by atoms with van der Waals surface area (Å²) < 4.78 is 81.0. The van der Waals surface area contributed by atoms with Gasteiger partial charge in [0, 0.05) is 12.1 Å². The van der Waals surface area contributed by atoms with E-state index in [1.165, 1.54) is 31.2 Å². The third-order valence-electron chi connectivity index (χ3n) is 5.93. The minimum atomic E-state index is -4.66. The molecule has 0 spiro atoms. The van der Waals surface area contributed by atoms with Crippen molar-refractivity contribution < 1.29 is 30.8 Å². The number of nitrogen functional groups attached to an aromatic ring is 1. The van der Waals surface area contributed by atoms with E-state index in [-0.39, 0.29) is 16.9 Å². The first-order valence-corrected chi connectivity index (χ1v) is 12.7. The van der Waals surface area contributed by atoms with Crippen molar-refractivity contribution in [3.63, 3.8) is 0 Å². The van der Waals surface area contributed by atoms with E-state index in [0.717, 1.165) is 17.7 Å². The molecule has 0 aromatic heterocycles. The number of hydrogen-bond donors (Lipinski definition) is 3. The predicted molar refractivity (Wildman–Crippen MR) is 132 cm³/mol. The molecule has 194 valence electrons. The summed E-state index contributed by atoms with van der Waals surface area (Å²) in [5.41, 5.74) is 7.48. The smallest absolute Gasteiger partial charge is 0.397 e. The van der Waals surface area contributed by atoms with Crippen LogP contribution < -0.4 is 15.8 Å². The van der Waals surface area contributed by atoms with Crippen molar-refractivity contribution in [1.82, 2.24) is 4.72 Å². The Balaban J connectivity index is 1.47. The summed E-state index contributed by atoms with van der Waals surface area (Å²) in [5.74, 6) is -0.990. The lowest BCUT2D eigenvalue weighted by atomic mass is 10.0. The summed E-state index contributed by atoms with van der Waals surface area (Å²) in [6.45, 7) is 1.41. The van der Waals surface area contributed by atoms with Gasteiger partial charge in [0.2, 0.25) is 15.9 Å². The molecular formula is C26H23F4N3O3S. The molecule has 0 saturated carbocycles. The van der Waals surface area contributed by atoms with Crippen molar-refractivity contribution in [2.45, 2.75) is 36.9 Å². The lowest BCUT2D eigenvalue weighted by Crippen LogP contribution is -2.27. The second kappa shape index (κ2) is 9.98. The molecule has 0 saturated heterocycles. The molecule has 4 N–H and O–H groups in total. The van der Waals surface area contributed by atoms with Crippen LogP contribution in [0.2, 0.25) is 0 Å². The van der Waals surface area contributed by atoms with Crippen LogP contribution in [0.15, 0.2) is 65.6 Å². The maximum atomic E-state index is 13.2. The fourth-order valence-electron chi connectivity index (χ4n) is 4.18. The van der Waals surface area contributed by atoms with Crippen LogP contribution in [0, 0.1) is 12.7 Å². The Hall–Kier alpha value is -3.70. The number of amides is 1. The number of nitrogens with one attached hydrogen (secondary N) is 2. The van der Waals surface area contributed by atoms with E-state index in [1.807, 2.05) is 6.07 Å². The molecule has 1 amide bonds. The Kier molecular flexibility index (Phi) is 7.11. The number of aryl methyl sites for hydroxylation is 2. The van der Waals surface area contributed by atoms with Gasteiger partial charge in [0.15, 0.2) is 0 Å². The van der Waals surface area contributed by atoms with Crippen LogP contribution in [0.5, 0.6) is 0 Å². The second-order valence-electron chi connectivity index (χ2n) is 8.76. The van der Waals surface area contributed by atoms with E-state index in [0.29, 0.717) is 30.0 Å². The van der Waals surface area contributed by atoms with Gasteiger partial charge < -0.3 is 11.1 Å². The summed E-state index contributed by atoms with van der Waals surface area (Å²) in [4.78, 5) is 11.8. The molecule has 0 bridgehead atoms. The molecule has 37 heavy (non-hydrogen) atoms. The van der Waals surface area contributed by atoms with E-state index >= 15 is 0 Å². The van der Waals surface area contributed by atoms with Crippen LogP contribution in [-0.4, -0.2) is 14.3 Å². The highest BCUT2D eigenvalue weighted by Gasteiger charge is 2.33. The van der Waals surface area contributed by atoms with Gasteiger partial charge in [0.1, 0.15) is 5.82 Å². The Labute approximate surface area is 211 Å². The minimum Gasteiger partial charge on any atom is -0.397 e. The number of halogens is 4. The highest BCUT2D eigenvalue weighted by atomic mass is 32.2. The third-order valence-corrected chi connectivity index (χ3v) is 7.38.